The Hall–Kier alpha value is -2.19. The highest BCUT2D eigenvalue weighted by molar-refractivity contribution is 7.15. The van der Waals surface area contributed by atoms with Crippen LogP contribution in [-0.4, -0.2) is 54.6 Å². The number of hydrogen-bond donors (Lipinski definition) is 1. The third-order valence-corrected chi connectivity index (χ3v) is 7.36. The lowest BCUT2D eigenvalue weighted by atomic mass is 10.1. The van der Waals surface area contributed by atoms with Crippen molar-refractivity contribution in [3.8, 4) is 5.75 Å². The number of methoxy groups -OCH3 is 1. The van der Waals surface area contributed by atoms with Crippen molar-refractivity contribution in [3.63, 3.8) is 0 Å². The molecule has 2 atom stereocenters. The van der Waals surface area contributed by atoms with E-state index >= 15 is 0 Å². The molecule has 4 heterocycles. The van der Waals surface area contributed by atoms with Crippen molar-refractivity contribution < 1.29 is 13.9 Å². The van der Waals surface area contributed by atoms with Gasteiger partial charge in [0.25, 0.3) is 0 Å². The summed E-state index contributed by atoms with van der Waals surface area (Å²) in [7, 11) is 1.50. The molecule has 0 aliphatic carbocycles. The van der Waals surface area contributed by atoms with Gasteiger partial charge in [0.05, 0.1) is 25.8 Å². The van der Waals surface area contributed by atoms with E-state index in [0.29, 0.717) is 36.5 Å². The molecule has 3 aliphatic heterocycles. The zero-order chi connectivity index (χ0) is 20.0. The molecule has 0 radical (unpaired) electrons. The Bertz CT molecular complexity index is 917. The first-order valence-corrected chi connectivity index (χ1v) is 11.0. The molecule has 2 unspecified atom stereocenters. The number of piperazine rings is 1. The SMILES string of the molecule is COc1cc(F)ccc1CC(=O)N1CCc2nc(N3C4CCC3CNC4)sc2C1. The molecular weight excluding hydrogens is 391 g/mol. The first kappa shape index (κ1) is 18.8. The van der Waals surface area contributed by atoms with E-state index in [1.165, 1.54) is 37.0 Å². The fraction of sp³-hybridized carbons (Fsp3) is 0.524. The summed E-state index contributed by atoms with van der Waals surface area (Å²) in [6, 6.07) is 5.42. The van der Waals surface area contributed by atoms with Crippen molar-refractivity contribution in [1.82, 2.24) is 15.2 Å². The highest BCUT2D eigenvalue weighted by Gasteiger charge is 2.39. The van der Waals surface area contributed by atoms with Gasteiger partial charge in [0.1, 0.15) is 11.6 Å². The number of rotatable bonds is 4. The Balaban J connectivity index is 1.30. The van der Waals surface area contributed by atoms with E-state index in [-0.39, 0.29) is 18.1 Å². The van der Waals surface area contributed by atoms with Gasteiger partial charge in [-0.05, 0) is 18.9 Å². The van der Waals surface area contributed by atoms with Crippen LogP contribution in [0.25, 0.3) is 0 Å². The van der Waals surface area contributed by atoms with Gasteiger partial charge in [0.15, 0.2) is 5.13 Å². The molecule has 2 fully saturated rings. The summed E-state index contributed by atoms with van der Waals surface area (Å²) < 4.78 is 18.7. The van der Waals surface area contributed by atoms with Gasteiger partial charge in [-0.15, -0.1) is 0 Å². The van der Waals surface area contributed by atoms with Crippen LogP contribution in [-0.2, 0) is 24.2 Å². The maximum absolute atomic E-state index is 13.4. The molecule has 3 aliphatic rings. The van der Waals surface area contributed by atoms with Gasteiger partial charge < -0.3 is 19.9 Å². The molecule has 2 aromatic rings. The molecule has 2 bridgehead atoms. The normalized spacial score (nSPS) is 23.2. The minimum absolute atomic E-state index is 0.0396. The predicted molar refractivity (Wildman–Crippen MR) is 110 cm³/mol. The highest BCUT2D eigenvalue weighted by Crippen LogP contribution is 2.38. The number of nitrogens with one attached hydrogen (secondary N) is 1. The Morgan fingerprint density at radius 3 is 2.90 bits per heavy atom. The Morgan fingerprint density at radius 1 is 1.34 bits per heavy atom. The fourth-order valence-corrected chi connectivity index (χ4v) is 6.00. The van der Waals surface area contributed by atoms with Gasteiger partial charge in [-0.25, -0.2) is 9.37 Å². The van der Waals surface area contributed by atoms with Gasteiger partial charge in [-0.2, -0.15) is 0 Å². The van der Waals surface area contributed by atoms with Crippen LogP contribution in [0.4, 0.5) is 9.52 Å². The molecule has 0 spiro atoms. The Morgan fingerprint density at radius 2 is 2.14 bits per heavy atom. The van der Waals surface area contributed by atoms with E-state index in [1.54, 1.807) is 17.4 Å². The molecule has 0 saturated carbocycles. The van der Waals surface area contributed by atoms with E-state index in [0.717, 1.165) is 30.3 Å². The lowest BCUT2D eigenvalue weighted by molar-refractivity contribution is -0.131. The predicted octanol–water partition coefficient (Wildman–Crippen LogP) is 2.36. The Labute approximate surface area is 173 Å². The van der Waals surface area contributed by atoms with Crippen molar-refractivity contribution in [1.29, 1.82) is 0 Å². The molecule has 1 N–H and O–H groups in total. The molecular formula is C21H25FN4O2S. The van der Waals surface area contributed by atoms with Crippen LogP contribution in [0.3, 0.4) is 0 Å². The van der Waals surface area contributed by atoms with Crippen molar-refractivity contribution in [3.05, 3.63) is 40.2 Å². The summed E-state index contributed by atoms with van der Waals surface area (Å²) in [6.45, 7) is 3.35. The van der Waals surface area contributed by atoms with Crippen molar-refractivity contribution >= 4 is 22.4 Å². The van der Waals surface area contributed by atoms with Gasteiger partial charge in [0, 0.05) is 54.6 Å². The number of anilines is 1. The number of fused-ring (bicyclic) bond motifs is 3. The van der Waals surface area contributed by atoms with Crippen LogP contribution < -0.4 is 15.0 Å². The second kappa shape index (κ2) is 7.57. The standard InChI is InChI=1S/C21H25FN4O2S/c1-28-18-9-14(22)3-2-13(18)8-20(27)25-7-6-17-19(12-25)29-21(24-17)26-15-4-5-16(26)11-23-10-15/h2-3,9,15-16,23H,4-8,10-12H2,1H3. The van der Waals surface area contributed by atoms with E-state index in [4.69, 9.17) is 9.72 Å². The number of amides is 1. The van der Waals surface area contributed by atoms with Crippen LogP contribution in [0.1, 0.15) is 29.0 Å². The van der Waals surface area contributed by atoms with E-state index in [1.807, 2.05) is 4.90 Å². The van der Waals surface area contributed by atoms with Crippen LogP contribution >= 0.6 is 11.3 Å². The number of hydrogen-bond acceptors (Lipinski definition) is 6. The molecule has 6 nitrogen and oxygen atoms in total. The maximum atomic E-state index is 13.4. The van der Waals surface area contributed by atoms with Gasteiger partial charge in [-0.1, -0.05) is 17.4 Å². The maximum Gasteiger partial charge on any atom is 0.227 e. The topological polar surface area (TPSA) is 57.7 Å². The summed E-state index contributed by atoms with van der Waals surface area (Å²) in [6.07, 6.45) is 3.46. The summed E-state index contributed by atoms with van der Waals surface area (Å²) >= 11 is 1.75. The van der Waals surface area contributed by atoms with Crippen LogP contribution in [0.2, 0.25) is 0 Å². The smallest absolute Gasteiger partial charge is 0.227 e. The second-order valence-electron chi connectivity index (χ2n) is 8.02. The summed E-state index contributed by atoms with van der Waals surface area (Å²) in [5.74, 6) is 0.0998. The van der Waals surface area contributed by atoms with Crippen molar-refractivity contribution in [2.45, 2.75) is 44.3 Å². The average Bonchev–Trinajstić information content (AvgIpc) is 3.25. The molecule has 2 saturated heterocycles. The minimum Gasteiger partial charge on any atom is -0.496 e. The third kappa shape index (κ3) is 3.48. The first-order chi connectivity index (χ1) is 14.1. The molecule has 1 aromatic carbocycles. The highest BCUT2D eigenvalue weighted by atomic mass is 32.1. The number of halogens is 1. The van der Waals surface area contributed by atoms with E-state index < -0.39 is 0 Å². The number of carbonyl (C=O) groups excluding carboxylic acids is 1. The number of benzene rings is 1. The number of thiazole rings is 1. The zero-order valence-electron chi connectivity index (χ0n) is 16.5. The molecule has 1 aromatic heterocycles. The van der Waals surface area contributed by atoms with Gasteiger partial charge >= 0.3 is 0 Å². The quantitative estimate of drug-likeness (QED) is 0.829. The number of carbonyl (C=O) groups is 1. The zero-order valence-corrected chi connectivity index (χ0v) is 17.3. The molecule has 29 heavy (non-hydrogen) atoms. The second-order valence-corrected chi connectivity index (χ2v) is 9.08. The van der Waals surface area contributed by atoms with Crippen molar-refractivity contribution in [2.75, 3.05) is 31.6 Å². The average molecular weight is 417 g/mol. The van der Waals surface area contributed by atoms with Crippen LogP contribution in [0.5, 0.6) is 5.75 Å². The van der Waals surface area contributed by atoms with Gasteiger partial charge in [-0.3, -0.25) is 4.79 Å². The Kier molecular flexibility index (Phi) is 4.91. The number of aromatic nitrogens is 1. The largest absolute Gasteiger partial charge is 0.496 e. The summed E-state index contributed by atoms with van der Waals surface area (Å²) in [4.78, 5) is 23.4. The molecule has 154 valence electrons. The van der Waals surface area contributed by atoms with Gasteiger partial charge in [0.2, 0.25) is 5.91 Å². The molecule has 5 rings (SSSR count). The summed E-state index contributed by atoms with van der Waals surface area (Å²) in [5, 5.41) is 4.64. The lowest BCUT2D eigenvalue weighted by Crippen LogP contribution is -2.51. The number of nitrogens with zero attached hydrogens (tertiary/aromatic N) is 3. The van der Waals surface area contributed by atoms with Crippen LogP contribution in [0.15, 0.2) is 18.2 Å². The molecule has 8 heteroatoms. The van der Waals surface area contributed by atoms with Crippen LogP contribution in [0, 0.1) is 5.82 Å². The first-order valence-electron chi connectivity index (χ1n) is 10.2. The van der Waals surface area contributed by atoms with Crippen molar-refractivity contribution in [2.24, 2.45) is 0 Å². The molecule has 1 amide bonds. The minimum atomic E-state index is -0.361. The number of ether oxygens (including phenoxy) is 1. The monoisotopic (exact) mass is 416 g/mol. The van der Waals surface area contributed by atoms with E-state index in [2.05, 4.69) is 10.2 Å². The van der Waals surface area contributed by atoms with E-state index in [9.17, 15) is 9.18 Å². The fourth-order valence-electron chi connectivity index (χ4n) is 4.74. The lowest BCUT2D eigenvalue weighted by Gasteiger charge is -2.35. The third-order valence-electron chi connectivity index (χ3n) is 6.26. The summed E-state index contributed by atoms with van der Waals surface area (Å²) in [5.41, 5.74) is 1.86.